The van der Waals surface area contributed by atoms with E-state index in [4.69, 9.17) is 9.47 Å². The molecular formula is C16H23N3O4S. The topological polar surface area (TPSA) is 86.8 Å². The van der Waals surface area contributed by atoms with Crippen molar-refractivity contribution in [1.29, 1.82) is 0 Å². The smallest absolute Gasteiger partial charge is 0.272 e. The monoisotopic (exact) mass is 353 g/mol. The molecule has 3 aliphatic rings. The van der Waals surface area contributed by atoms with E-state index in [1.165, 1.54) is 0 Å². The van der Waals surface area contributed by atoms with Gasteiger partial charge in [-0.05, 0) is 24.8 Å². The van der Waals surface area contributed by atoms with E-state index in [2.05, 4.69) is 14.6 Å². The molecule has 4 rings (SSSR count). The first-order valence-corrected chi connectivity index (χ1v) is 9.99. The number of nitrogens with zero attached hydrogens (tertiary/aromatic N) is 2. The molecule has 4 heterocycles. The summed E-state index contributed by atoms with van der Waals surface area (Å²) in [4.78, 5) is 6.67. The summed E-state index contributed by atoms with van der Waals surface area (Å²) in [5.41, 5.74) is -0.530. The first-order valence-electron chi connectivity index (χ1n) is 8.50. The van der Waals surface area contributed by atoms with Crippen LogP contribution in [0.2, 0.25) is 0 Å². The Balaban J connectivity index is 1.49. The third-order valence-electron chi connectivity index (χ3n) is 5.18. The summed E-state index contributed by atoms with van der Waals surface area (Å²) in [6, 6.07) is 3.16. The molecule has 1 spiro atoms. The second-order valence-electron chi connectivity index (χ2n) is 6.96. The van der Waals surface area contributed by atoms with Crippen molar-refractivity contribution >= 4 is 10.4 Å². The minimum atomic E-state index is -3.56. The van der Waals surface area contributed by atoms with E-state index in [-0.39, 0.29) is 17.3 Å². The van der Waals surface area contributed by atoms with Crippen molar-refractivity contribution in [2.75, 3.05) is 39.4 Å². The maximum absolute atomic E-state index is 12.4. The Morgan fingerprint density at radius 1 is 1.46 bits per heavy atom. The number of likely N-dealkylation sites (tertiary alicyclic amines) is 1. The predicted molar refractivity (Wildman–Crippen MR) is 87.3 cm³/mol. The second-order valence-corrected chi connectivity index (χ2v) is 8.69. The molecule has 2 saturated heterocycles. The largest absolute Gasteiger partial charge is 0.593 e. The lowest BCUT2D eigenvalue weighted by molar-refractivity contribution is 0.0459. The Kier molecular flexibility index (Phi) is 4.34. The Hall–Kier alpha value is -1.06. The van der Waals surface area contributed by atoms with Gasteiger partial charge in [0.2, 0.25) is 4.90 Å². The zero-order valence-corrected chi connectivity index (χ0v) is 14.4. The van der Waals surface area contributed by atoms with Crippen molar-refractivity contribution in [1.82, 2.24) is 14.6 Å². The molecular weight excluding hydrogens is 330 g/mol. The second kappa shape index (κ2) is 6.34. The van der Waals surface area contributed by atoms with Gasteiger partial charge in [0.1, 0.15) is 5.60 Å². The van der Waals surface area contributed by atoms with Crippen LogP contribution < -0.4 is 9.46 Å². The van der Waals surface area contributed by atoms with Gasteiger partial charge in [-0.2, -0.15) is 0 Å². The molecule has 24 heavy (non-hydrogen) atoms. The molecule has 3 aliphatic heterocycles. The first kappa shape index (κ1) is 16.4. The van der Waals surface area contributed by atoms with Gasteiger partial charge in [0.15, 0.2) is 10.4 Å². The van der Waals surface area contributed by atoms with E-state index in [1.807, 2.05) is 0 Å². The number of pyridine rings is 1. The minimum Gasteiger partial charge on any atom is -0.593 e. The highest BCUT2D eigenvalue weighted by Crippen LogP contribution is 2.35. The van der Waals surface area contributed by atoms with E-state index in [9.17, 15) is 8.76 Å². The number of sulfonamides is 1. The lowest BCUT2D eigenvalue weighted by Gasteiger charge is -2.30. The van der Waals surface area contributed by atoms with Crippen molar-refractivity contribution < 1.29 is 18.2 Å². The molecule has 0 saturated carbocycles. The average molecular weight is 353 g/mol. The summed E-state index contributed by atoms with van der Waals surface area (Å²) in [7, 11) is -3.56. The van der Waals surface area contributed by atoms with Crippen molar-refractivity contribution in [2.45, 2.75) is 29.8 Å². The molecule has 1 N–H and O–H groups in total. The predicted octanol–water partition coefficient (Wildman–Crippen LogP) is 0.839. The Morgan fingerprint density at radius 3 is 3.12 bits per heavy atom. The van der Waals surface area contributed by atoms with Crippen LogP contribution in [-0.4, -0.2) is 59.4 Å². The SMILES string of the molecule is O=[S+]1([O-])NCC2(CCN(CC3CCOCC3)C2)Oc2ncccc21. The molecule has 8 heteroatoms. The number of nitrogens with one attached hydrogen (secondary N) is 1. The lowest BCUT2D eigenvalue weighted by atomic mass is 9.99. The average Bonchev–Trinajstić information content (AvgIpc) is 2.92. The number of hydrogen-bond acceptors (Lipinski definition) is 6. The molecule has 2 atom stereocenters. The molecule has 7 nitrogen and oxygen atoms in total. The summed E-state index contributed by atoms with van der Waals surface area (Å²) in [5, 5.41) is 0. The van der Waals surface area contributed by atoms with Crippen LogP contribution >= 0.6 is 0 Å². The van der Waals surface area contributed by atoms with Crippen LogP contribution in [0.5, 0.6) is 5.88 Å². The highest BCUT2D eigenvalue weighted by atomic mass is 32.3. The molecule has 2 fully saturated rings. The fourth-order valence-corrected chi connectivity index (χ4v) is 5.00. The van der Waals surface area contributed by atoms with E-state index in [0.717, 1.165) is 52.1 Å². The van der Waals surface area contributed by atoms with E-state index < -0.39 is 16.0 Å². The fourth-order valence-electron chi connectivity index (χ4n) is 3.81. The van der Waals surface area contributed by atoms with Gasteiger partial charge < -0.3 is 14.0 Å². The van der Waals surface area contributed by atoms with Crippen LogP contribution in [0.1, 0.15) is 19.3 Å². The summed E-state index contributed by atoms with van der Waals surface area (Å²) in [6.45, 7) is 4.64. The van der Waals surface area contributed by atoms with Crippen molar-refractivity contribution in [3.05, 3.63) is 18.3 Å². The molecule has 132 valence electrons. The number of rotatable bonds is 2. The van der Waals surface area contributed by atoms with Crippen molar-refractivity contribution in [3.63, 3.8) is 0 Å². The molecule has 0 aliphatic carbocycles. The first-order chi connectivity index (χ1) is 11.6. The van der Waals surface area contributed by atoms with Crippen LogP contribution in [0.25, 0.3) is 0 Å². The molecule has 0 amide bonds. The van der Waals surface area contributed by atoms with Crippen LogP contribution in [-0.2, 0) is 19.3 Å². The molecule has 0 aromatic carbocycles. The Morgan fingerprint density at radius 2 is 2.29 bits per heavy atom. The van der Waals surface area contributed by atoms with Gasteiger partial charge >= 0.3 is 0 Å². The van der Waals surface area contributed by atoms with Crippen LogP contribution in [0, 0.1) is 5.92 Å². The van der Waals surface area contributed by atoms with Gasteiger partial charge in [0.25, 0.3) is 5.88 Å². The van der Waals surface area contributed by atoms with E-state index in [0.29, 0.717) is 5.92 Å². The highest BCUT2D eigenvalue weighted by Gasteiger charge is 2.47. The maximum Gasteiger partial charge on any atom is 0.272 e. The Labute approximate surface area is 143 Å². The zero-order chi connectivity index (χ0) is 16.6. The van der Waals surface area contributed by atoms with E-state index >= 15 is 0 Å². The van der Waals surface area contributed by atoms with Crippen LogP contribution in [0.15, 0.2) is 23.2 Å². The van der Waals surface area contributed by atoms with Gasteiger partial charge in [-0.3, -0.25) is 4.90 Å². The maximum atomic E-state index is 12.4. The molecule has 1 aromatic heterocycles. The van der Waals surface area contributed by atoms with Crippen molar-refractivity contribution in [3.8, 4) is 5.88 Å². The number of aromatic nitrogens is 1. The molecule has 1 aromatic rings. The van der Waals surface area contributed by atoms with Crippen LogP contribution in [0.4, 0.5) is 0 Å². The van der Waals surface area contributed by atoms with Gasteiger partial charge in [-0.1, -0.05) is 4.21 Å². The highest BCUT2D eigenvalue weighted by molar-refractivity contribution is 7.95. The van der Waals surface area contributed by atoms with Gasteiger partial charge in [-0.25, -0.2) is 4.98 Å². The Bertz CT molecular complexity index is 652. The summed E-state index contributed by atoms with van der Waals surface area (Å²) < 4.78 is 39.0. The standard InChI is InChI=1S/C16H23N3O4S/c20-24(21)14-2-1-6-17-15(14)23-16(11-18-24)5-7-19(12-16)10-13-3-8-22-9-4-13/h1-2,6,13H,3-5,7-12H2,(H-,18,20,21). The van der Waals surface area contributed by atoms with E-state index in [1.54, 1.807) is 18.3 Å². The fraction of sp³-hybridized carbons (Fsp3) is 0.688. The molecule has 2 unspecified atom stereocenters. The number of hydrogen-bond donors (Lipinski definition) is 1. The van der Waals surface area contributed by atoms with Crippen molar-refractivity contribution in [2.24, 2.45) is 5.92 Å². The van der Waals surface area contributed by atoms with Crippen LogP contribution in [0.3, 0.4) is 0 Å². The number of ether oxygens (including phenoxy) is 2. The molecule has 0 radical (unpaired) electrons. The normalized spacial score (nSPS) is 34.7. The third-order valence-corrected chi connectivity index (χ3v) is 6.59. The minimum absolute atomic E-state index is 0.129. The molecule has 0 bridgehead atoms. The quantitative estimate of drug-likeness (QED) is 0.793. The third kappa shape index (κ3) is 3.21. The summed E-state index contributed by atoms with van der Waals surface area (Å²) in [6.07, 6.45) is 4.57. The van der Waals surface area contributed by atoms with Gasteiger partial charge in [-0.15, -0.1) is 4.72 Å². The van der Waals surface area contributed by atoms with Gasteiger partial charge in [0, 0.05) is 51.5 Å². The number of fused-ring (bicyclic) bond motifs is 1. The zero-order valence-electron chi connectivity index (χ0n) is 13.6. The summed E-state index contributed by atoms with van der Waals surface area (Å²) in [5.74, 6) is 0.872. The summed E-state index contributed by atoms with van der Waals surface area (Å²) >= 11 is 0. The lowest BCUT2D eigenvalue weighted by Crippen LogP contribution is -2.48. The van der Waals surface area contributed by atoms with Gasteiger partial charge in [0.05, 0.1) is 6.54 Å².